The molecule has 0 spiro atoms. The molecule has 2 aromatic rings. The van der Waals surface area contributed by atoms with Crippen LogP contribution in [0.2, 0.25) is 0 Å². The SMILES string of the molecule is CNC(C)C(=O)NC1CN(C(=O)CC(C)C)CCC2(C(=O)NC(c3ccccc3)c3ccccc3)CCCN2C1=O. The van der Waals surface area contributed by atoms with Gasteiger partial charge in [0.25, 0.3) is 0 Å². The number of nitrogens with zero attached hydrogens (tertiary/aromatic N) is 2. The molecule has 2 aromatic carbocycles. The summed E-state index contributed by atoms with van der Waals surface area (Å²) in [5.74, 6) is -0.841. The van der Waals surface area contributed by atoms with Gasteiger partial charge in [0.05, 0.1) is 12.1 Å². The van der Waals surface area contributed by atoms with Crippen LogP contribution in [-0.4, -0.2) is 77.7 Å². The predicted molar refractivity (Wildman–Crippen MR) is 158 cm³/mol. The van der Waals surface area contributed by atoms with Gasteiger partial charge in [-0.25, -0.2) is 0 Å². The van der Waals surface area contributed by atoms with E-state index in [1.54, 1.807) is 23.8 Å². The maximum absolute atomic E-state index is 14.4. The van der Waals surface area contributed by atoms with E-state index >= 15 is 0 Å². The Morgan fingerprint density at radius 3 is 2.10 bits per heavy atom. The predicted octanol–water partition coefficient (Wildman–Crippen LogP) is 2.62. The van der Waals surface area contributed by atoms with Gasteiger partial charge in [-0.2, -0.15) is 0 Å². The summed E-state index contributed by atoms with van der Waals surface area (Å²) in [6, 6.07) is 17.7. The number of rotatable bonds is 9. The van der Waals surface area contributed by atoms with Crippen molar-refractivity contribution in [3.63, 3.8) is 0 Å². The maximum Gasteiger partial charge on any atom is 0.247 e. The van der Waals surface area contributed by atoms with Crippen LogP contribution in [0.3, 0.4) is 0 Å². The number of carbonyl (C=O) groups is 4. The fourth-order valence-electron chi connectivity index (χ4n) is 5.86. The van der Waals surface area contributed by atoms with Crippen molar-refractivity contribution in [2.75, 3.05) is 26.7 Å². The Morgan fingerprint density at radius 2 is 1.54 bits per heavy atom. The Bertz CT molecular complexity index is 1180. The minimum atomic E-state index is -1.13. The zero-order valence-electron chi connectivity index (χ0n) is 24.6. The molecule has 4 amide bonds. The highest BCUT2D eigenvalue weighted by molar-refractivity contribution is 5.96. The third-order valence-corrected chi connectivity index (χ3v) is 8.29. The Balaban J connectivity index is 1.69. The summed E-state index contributed by atoms with van der Waals surface area (Å²) >= 11 is 0. The van der Waals surface area contributed by atoms with Gasteiger partial charge in [-0.15, -0.1) is 0 Å². The third-order valence-electron chi connectivity index (χ3n) is 8.29. The first kappa shape index (κ1) is 30.2. The second kappa shape index (κ2) is 13.3. The van der Waals surface area contributed by atoms with Crippen molar-refractivity contribution in [3.8, 4) is 0 Å². The number of hydrogen-bond donors (Lipinski definition) is 3. The number of fused-ring (bicyclic) bond motifs is 1. The summed E-state index contributed by atoms with van der Waals surface area (Å²) in [5.41, 5.74) is 0.739. The lowest BCUT2D eigenvalue weighted by Gasteiger charge is -2.44. The summed E-state index contributed by atoms with van der Waals surface area (Å²) in [7, 11) is 1.67. The number of nitrogens with one attached hydrogen (secondary N) is 3. The summed E-state index contributed by atoms with van der Waals surface area (Å²) in [6.45, 7) is 6.48. The maximum atomic E-state index is 14.4. The molecule has 0 radical (unpaired) electrons. The smallest absolute Gasteiger partial charge is 0.247 e. The molecular weight excluding hydrogens is 518 g/mol. The second-order valence-electron chi connectivity index (χ2n) is 11.6. The zero-order valence-corrected chi connectivity index (χ0v) is 24.6. The Labute approximate surface area is 243 Å². The molecule has 3 N–H and O–H groups in total. The Morgan fingerprint density at radius 1 is 0.927 bits per heavy atom. The molecule has 9 heteroatoms. The molecular formula is C32H43N5O4. The number of benzene rings is 2. The minimum absolute atomic E-state index is 0.0808. The molecule has 0 aromatic heterocycles. The largest absolute Gasteiger partial charge is 0.343 e. The van der Waals surface area contributed by atoms with E-state index in [0.29, 0.717) is 38.8 Å². The average molecular weight is 562 g/mol. The van der Waals surface area contributed by atoms with Crippen molar-refractivity contribution in [2.24, 2.45) is 5.92 Å². The van der Waals surface area contributed by atoms with Crippen LogP contribution >= 0.6 is 0 Å². The van der Waals surface area contributed by atoms with E-state index in [-0.39, 0.29) is 36.1 Å². The molecule has 3 atom stereocenters. The normalized spacial score (nSPS) is 21.7. The highest BCUT2D eigenvalue weighted by atomic mass is 16.2. The molecule has 2 saturated heterocycles. The van der Waals surface area contributed by atoms with E-state index in [9.17, 15) is 19.2 Å². The summed E-state index contributed by atoms with van der Waals surface area (Å²) in [6.07, 6.45) is 1.81. The van der Waals surface area contributed by atoms with Gasteiger partial charge in [0.15, 0.2) is 0 Å². The van der Waals surface area contributed by atoms with Gasteiger partial charge < -0.3 is 25.8 Å². The van der Waals surface area contributed by atoms with E-state index < -0.39 is 23.7 Å². The van der Waals surface area contributed by atoms with Crippen molar-refractivity contribution in [3.05, 3.63) is 71.8 Å². The molecule has 9 nitrogen and oxygen atoms in total. The molecule has 220 valence electrons. The van der Waals surface area contributed by atoms with Crippen molar-refractivity contribution >= 4 is 23.6 Å². The Hall–Kier alpha value is -3.72. The third kappa shape index (κ3) is 6.78. The first-order valence-electron chi connectivity index (χ1n) is 14.6. The van der Waals surface area contributed by atoms with Gasteiger partial charge in [-0.3, -0.25) is 19.2 Å². The van der Waals surface area contributed by atoms with Gasteiger partial charge in [-0.05, 0) is 50.3 Å². The lowest BCUT2D eigenvalue weighted by molar-refractivity contribution is -0.152. The molecule has 2 aliphatic rings. The van der Waals surface area contributed by atoms with Crippen LogP contribution < -0.4 is 16.0 Å². The van der Waals surface area contributed by atoms with Crippen LogP contribution in [0.4, 0.5) is 0 Å². The van der Waals surface area contributed by atoms with E-state index in [4.69, 9.17) is 0 Å². The van der Waals surface area contributed by atoms with E-state index in [1.165, 1.54) is 0 Å². The van der Waals surface area contributed by atoms with E-state index in [0.717, 1.165) is 11.1 Å². The highest BCUT2D eigenvalue weighted by Gasteiger charge is 2.53. The topological polar surface area (TPSA) is 111 Å². The molecule has 4 rings (SSSR count). The second-order valence-corrected chi connectivity index (χ2v) is 11.6. The number of carbonyl (C=O) groups excluding carboxylic acids is 4. The van der Waals surface area contributed by atoms with Gasteiger partial charge in [0, 0.05) is 26.1 Å². The van der Waals surface area contributed by atoms with E-state index in [1.807, 2.05) is 74.5 Å². The standard InChI is InChI=1S/C32H43N5O4/c1-22(2)20-27(38)36-19-17-32(16-11-18-37(32)30(40)26(21-36)34-29(39)23(3)33-4)31(41)35-28(24-12-7-5-8-13-24)25-14-9-6-10-15-25/h5-10,12-15,22-23,26,28,33H,11,16-21H2,1-4H3,(H,34,39)(H,35,41). The zero-order chi connectivity index (χ0) is 29.6. The van der Waals surface area contributed by atoms with Crippen LogP contribution in [0.25, 0.3) is 0 Å². The molecule has 3 unspecified atom stereocenters. The van der Waals surface area contributed by atoms with Gasteiger partial charge in [0.1, 0.15) is 11.6 Å². The quantitative estimate of drug-likeness (QED) is 0.436. The van der Waals surface area contributed by atoms with Crippen LogP contribution in [0, 0.1) is 5.92 Å². The molecule has 41 heavy (non-hydrogen) atoms. The molecule has 0 saturated carbocycles. The lowest BCUT2D eigenvalue weighted by atomic mass is 9.87. The monoisotopic (exact) mass is 561 g/mol. The number of hydrogen-bond acceptors (Lipinski definition) is 5. The highest BCUT2D eigenvalue weighted by Crippen LogP contribution is 2.36. The Kier molecular flexibility index (Phi) is 9.81. The summed E-state index contributed by atoms with van der Waals surface area (Å²) in [4.78, 5) is 58.0. The first-order chi connectivity index (χ1) is 19.7. The van der Waals surface area contributed by atoms with Gasteiger partial charge >= 0.3 is 0 Å². The summed E-state index contributed by atoms with van der Waals surface area (Å²) in [5, 5.41) is 9.04. The molecule has 0 bridgehead atoms. The number of amides is 4. The fraction of sp³-hybridized carbons (Fsp3) is 0.500. The van der Waals surface area contributed by atoms with Crippen LogP contribution in [0.1, 0.15) is 63.6 Å². The summed E-state index contributed by atoms with van der Waals surface area (Å²) < 4.78 is 0. The van der Waals surface area contributed by atoms with E-state index in [2.05, 4.69) is 16.0 Å². The van der Waals surface area contributed by atoms with Crippen LogP contribution in [0.15, 0.2) is 60.7 Å². The van der Waals surface area contributed by atoms with Gasteiger partial charge in [0.2, 0.25) is 23.6 Å². The van der Waals surface area contributed by atoms with Crippen molar-refractivity contribution in [2.45, 2.75) is 70.1 Å². The molecule has 2 fully saturated rings. The molecule has 0 aliphatic carbocycles. The van der Waals surface area contributed by atoms with Crippen molar-refractivity contribution in [1.29, 1.82) is 0 Å². The first-order valence-corrected chi connectivity index (χ1v) is 14.6. The van der Waals surface area contributed by atoms with Crippen molar-refractivity contribution < 1.29 is 19.2 Å². The average Bonchev–Trinajstić information content (AvgIpc) is 3.40. The van der Waals surface area contributed by atoms with Crippen LogP contribution in [0.5, 0.6) is 0 Å². The van der Waals surface area contributed by atoms with Crippen molar-refractivity contribution in [1.82, 2.24) is 25.8 Å². The lowest BCUT2D eigenvalue weighted by Crippen LogP contribution is -2.66. The minimum Gasteiger partial charge on any atom is -0.343 e. The molecule has 2 aliphatic heterocycles. The fourth-order valence-corrected chi connectivity index (χ4v) is 5.86. The molecule has 2 heterocycles. The number of likely N-dealkylation sites (N-methyl/N-ethyl adjacent to an activating group) is 1. The van der Waals surface area contributed by atoms with Crippen LogP contribution in [-0.2, 0) is 19.2 Å². The van der Waals surface area contributed by atoms with Gasteiger partial charge in [-0.1, -0.05) is 74.5 Å².